The smallest absolute Gasteiger partial charge is 0.270 e. The summed E-state index contributed by atoms with van der Waals surface area (Å²) in [5.74, 6) is 1.88. The van der Waals surface area contributed by atoms with E-state index in [9.17, 15) is 20.1 Å². The maximum absolute atomic E-state index is 14.6. The van der Waals surface area contributed by atoms with Gasteiger partial charge in [0.25, 0.3) is 11.4 Å². The largest absolute Gasteiger partial charge is 0.492 e. The third-order valence-electron chi connectivity index (χ3n) is 18.8. The first-order valence-electron chi connectivity index (χ1n) is 32.3. The standard InChI is InChI=1S/C75H78Cl4N4O3S4/c1-11-19-23-43(15-5)27-47-28-48(29-54-67(62(40-80)82-9)50-32-58(76)60(78)34-52(50)69(54)84)87-71(47)65-36-56-72(89-65)73-57(75(56,38-44(16-6)24-20-12-2)39-45(17-7)25-21-13-3)37-66(90-73)74-64(86-42-46(18-8)26-22-14-4)31-49(88-74)30-55-68(63(41-81)83-10)51-33-59(77)61(79)35-53(51)70(55)85/h28-37,43-46H,11-27,38-39,42H2,1-8H3/b54-29-,55-30-,67-62+,68-63?. The second-order valence-corrected chi connectivity index (χ2v) is 30.4. The number of ketones is 2. The summed E-state index contributed by atoms with van der Waals surface area (Å²) >= 11 is 33.1. The molecule has 0 fully saturated rings. The van der Waals surface area contributed by atoms with Gasteiger partial charge in [0.1, 0.15) is 5.75 Å². The number of allylic oxidation sites excluding steroid dienone is 6. The molecule has 4 unspecified atom stereocenters. The van der Waals surface area contributed by atoms with E-state index in [2.05, 4.69) is 95.4 Å². The molecule has 6 aromatic rings. The molecule has 4 aromatic heterocycles. The van der Waals surface area contributed by atoms with Crippen molar-refractivity contribution in [1.29, 1.82) is 10.5 Å². The number of hydrogen-bond donors (Lipinski definition) is 0. The van der Waals surface area contributed by atoms with Crippen molar-refractivity contribution in [2.45, 2.75) is 183 Å². The fourth-order valence-electron chi connectivity index (χ4n) is 13.6. The second kappa shape index (κ2) is 30.9. The summed E-state index contributed by atoms with van der Waals surface area (Å²) in [6, 6.07) is 19.7. The van der Waals surface area contributed by atoms with Crippen LogP contribution in [0.4, 0.5) is 0 Å². The van der Waals surface area contributed by atoms with E-state index in [1.54, 1.807) is 40.9 Å². The quantitative estimate of drug-likeness (QED) is 0.0265. The lowest BCUT2D eigenvalue weighted by atomic mass is 9.65. The number of unbranched alkanes of at least 4 members (excludes halogenated alkanes) is 4. The van der Waals surface area contributed by atoms with Crippen LogP contribution in [0.15, 0.2) is 71.1 Å². The minimum absolute atomic E-state index is 0.171. The van der Waals surface area contributed by atoms with E-state index in [1.807, 2.05) is 40.9 Å². The topological polar surface area (TPSA) is 99.7 Å². The van der Waals surface area contributed by atoms with Crippen molar-refractivity contribution in [3.05, 3.63) is 163 Å². The van der Waals surface area contributed by atoms with E-state index >= 15 is 0 Å². The summed E-state index contributed by atoms with van der Waals surface area (Å²) in [5.41, 5.74) is 5.92. The molecule has 3 aliphatic rings. The van der Waals surface area contributed by atoms with Gasteiger partial charge in [-0.3, -0.25) is 9.59 Å². The number of fused-ring (bicyclic) bond motifs is 5. The lowest BCUT2D eigenvalue weighted by molar-refractivity contribution is 0.103. The first-order valence-corrected chi connectivity index (χ1v) is 37.0. The Balaban J connectivity index is 1.28. The summed E-state index contributed by atoms with van der Waals surface area (Å²) < 4.78 is 7.04. The average molecular weight is 1350 g/mol. The zero-order valence-corrected chi connectivity index (χ0v) is 59.2. The predicted molar refractivity (Wildman–Crippen MR) is 383 cm³/mol. The summed E-state index contributed by atoms with van der Waals surface area (Å²) in [4.78, 5) is 45.0. The summed E-state index contributed by atoms with van der Waals surface area (Å²) in [6.07, 6.45) is 24.3. The summed E-state index contributed by atoms with van der Waals surface area (Å²) in [6.45, 7) is 34.9. The molecule has 4 atom stereocenters. The van der Waals surface area contributed by atoms with Crippen molar-refractivity contribution in [2.24, 2.45) is 23.7 Å². The monoisotopic (exact) mass is 1350 g/mol. The molecule has 0 radical (unpaired) electrons. The Morgan fingerprint density at radius 1 is 0.533 bits per heavy atom. The molecule has 7 nitrogen and oxygen atoms in total. The Kier molecular flexibility index (Phi) is 23.6. The van der Waals surface area contributed by atoms with Gasteiger partial charge in [-0.2, -0.15) is 0 Å². The number of halogens is 4. The van der Waals surface area contributed by atoms with Crippen LogP contribution < -0.4 is 4.74 Å². The van der Waals surface area contributed by atoms with E-state index in [4.69, 9.17) is 64.3 Å². The molecule has 0 aliphatic heterocycles. The van der Waals surface area contributed by atoms with Gasteiger partial charge in [0.2, 0.25) is 0 Å². The molecule has 0 N–H and O–H groups in total. The second-order valence-electron chi connectivity index (χ2n) is 24.5. The molecule has 0 spiro atoms. The first kappa shape index (κ1) is 68.8. The lowest BCUT2D eigenvalue weighted by Crippen LogP contribution is -2.31. The zero-order valence-electron chi connectivity index (χ0n) is 52.9. The van der Waals surface area contributed by atoms with Gasteiger partial charge in [-0.1, -0.05) is 198 Å². The van der Waals surface area contributed by atoms with E-state index in [1.165, 1.54) is 42.3 Å². The highest BCUT2D eigenvalue weighted by Gasteiger charge is 2.49. The van der Waals surface area contributed by atoms with Gasteiger partial charge in [-0.25, -0.2) is 20.2 Å². The van der Waals surface area contributed by atoms with Crippen molar-refractivity contribution in [1.82, 2.24) is 0 Å². The number of thiophene rings is 4. The van der Waals surface area contributed by atoms with Crippen LogP contribution in [0.2, 0.25) is 20.1 Å². The molecule has 0 saturated heterocycles. The molecule has 0 amide bonds. The molecular weight excluding hydrogens is 1270 g/mol. The molecule has 468 valence electrons. The number of rotatable bonds is 29. The number of carbonyl (C=O) groups is 2. The predicted octanol–water partition coefficient (Wildman–Crippen LogP) is 25.6. The molecule has 4 heterocycles. The Labute approximate surface area is 569 Å². The van der Waals surface area contributed by atoms with Crippen LogP contribution >= 0.6 is 91.8 Å². The Morgan fingerprint density at radius 2 is 0.933 bits per heavy atom. The average Bonchev–Trinajstić information content (AvgIpc) is 1.54. The molecule has 90 heavy (non-hydrogen) atoms. The van der Waals surface area contributed by atoms with Crippen molar-refractivity contribution < 1.29 is 14.3 Å². The van der Waals surface area contributed by atoms with Crippen LogP contribution in [-0.4, -0.2) is 18.2 Å². The summed E-state index contributed by atoms with van der Waals surface area (Å²) in [5, 5.41) is 21.6. The minimum atomic E-state index is -0.326. The maximum atomic E-state index is 14.6. The molecule has 9 rings (SSSR count). The Morgan fingerprint density at radius 3 is 1.36 bits per heavy atom. The van der Waals surface area contributed by atoms with Crippen molar-refractivity contribution >= 4 is 127 Å². The Hall–Kier alpha value is -5.54. The van der Waals surface area contributed by atoms with Crippen LogP contribution in [0, 0.1) is 59.5 Å². The number of Topliss-reactive ketones (excluding diaryl/α,β-unsaturated/α-hetero) is 2. The van der Waals surface area contributed by atoms with Gasteiger partial charge in [0.15, 0.2) is 11.6 Å². The summed E-state index contributed by atoms with van der Waals surface area (Å²) in [7, 11) is 0. The van der Waals surface area contributed by atoms with E-state index < -0.39 is 0 Å². The van der Waals surface area contributed by atoms with Crippen LogP contribution in [0.5, 0.6) is 5.75 Å². The third kappa shape index (κ3) is 14.0. The van der Waals surface area contributed by atoms with Gasteiger partial charge in [0.05, 0.1) is 56.9 Å². The van der Waals surface area contributed by atoms with E-state index in [0.29, 0.717) is 52.5 Å². The van der Waals surface area contributed by atoms with Gasteiger partial charge >= 0.3 is 0 Å². The van der Waals surface area contributed by atoms with Gasteiger partial charge in [-0.05, 0) is 138 Å². The number of carbonyl (C=O) groups excluding carboxylic acids is 2. The SMILES string of the molecule is [C-]#[N+]C(C#N)=C1/C(=C/c2cc(OCC(CC)CCCC)c(-c3cc4c(s3)-c3sc(-c5sc(/C=C6\C(=O)c7cc(Cl)c(Cl)cc7\C6=C(\C#N)[N+]#[C-])cc5CC(CC)CCCC)cc3C4(CC(CC)CCCC)CC(CC)CCCC)s2)C(=O)c2cc(Cl)c(Cl)cc21. The highest BCUT2D eigenvalue weighted by Crippen LogP contribution is 2.64. The third-order valence-corrected chi connectivity index (χ3v) is 25.2. The van der Waals surface area contributed by atoms with Crippen LogP contribution in [-0.2, 0) is 11.8 Å². The fraction of sp³-hybridized carbons (Fsp3) is 0.440. The normalized spacial score (nSPS) is 18.2. The zero-order chi connectivity index (χ0) is 64.6. The number of nitrogens with zero attached hydrogens (tertiary/aromatic N) is 4. The molecule has 15 heteroatoms. The highest BCUT2D eigenvalue weighted by molar-refractivity contribution is 7.29. The van der Waals surface area contributed by atoms with Crippen molar-refractivity contribution in [3.63, 3.8) is 0 Å². The minimum Gasteiger partial charge on any atom is -0.492 e. The van der Waals surface area contributed by atoms with E-state index in [-0.39, 0.29) is 70.8 Å². The lowest BCUT2D eigenvalue weighted by Gasteiger charge is -2.37. The van der Waals surface area contributed by atoms with Gasteiger partial charge < -0.3 is 4.74 Å². The van der Waals surface area contributed by atoms with Crippen molar-refractivity contribution in [2.75, 3.05) is 6.61 Å². The van der Waals surface area contributed by atoms with Gasteiger partial charge in [-0.15, -0.1) is 45.3 Å². The maximum Gasteiger partial charge on any atom is 0.270 e. The van der Waals surface area contributed by atoms with Gasteiger partial charge in [0, 0.05) is 73.0 Å². The number of ether oxygens (including phenoxy) is 1. The number of nitriles is 2. The van der Waals surface area contributed by atoms with Crippen LogP contribution in [0.3, 0.4) is 0 Å². The van der Waals surface area contributed by atoms with Crippen LogP contribution in [0.1, 0.15) is 229 Å². The van der Waals surface area contributed by atoms with E-state index in [0.717, 1.165) is 147 Å². The Bertz CT molecular complexity index is 3970. The molecular formula is C75H78Cl4N4O3S4. The molecule has 2 aromatic carbocycles. The molecule has 0 saturated carbocycles. The first-order chi connectivity index (χ1) is 43.5. The molecule has 3 aliphatic carbocycles. The highest BCUT2D eigenvalue weighted by atomic mass is 35.5. The number of hydrogen-bond acceptors (Lipinski definition) is 9. The molecule has 0 bridgehead atoms. The fourth-order valence-corrected chi connectivity index (χ4v) is 19.4. The van der Waals surface area contributed by atoms with Crippen molar-refractivity contribution in [3.8, 4) is 47.2 Å². The van der Waals surface area contributed by atoms with Crippen LogP contribution in [0.25, 0.3) is 62.3 Å². The number of benzene rings is 2.